The average molecular weight is 400 g/mol. The zero-order chi connectivity index (χ0) is 21.3. The smallest absolute Gasteiger partial charge is 0.142 e. The van der Waals surface area contributed by atoms with E-state index in [1.807, 2.05) is 54.6 Å². The van der Waals surface area contributed by atoms with Gasteiger partial charge in [0.25, 0.3) is 0 Å². The van der Waals surface area contributed by atoms with E-state index in [0.717, 1.165) is 53.1 Å². The highest BCUT2D eigenvalue weighted by Crippen LogP contribution is 2.37. The molecule has 0 atom stereocenters. The van der Waals surface area contributed by atoms with Crippen molar-refractivity contribution < 1.29 is 4.74 Å². The van der Waals surface area contributed by atoms with Gasteiger partial charge < -0.3 is 10.5 Å². The van der Waals surface area contributed by atoms with Gasteiger partial charge >= 0.3 is 0 Å². The highest BCUT2D eigenvalue weighted by molar-refractivity contribution is 5.84. The molecule has 2 aromatic carbocycles. The van der Waals surface area contributed by atoms with E-state index in [1.165, 1.54) is 19.3 Å². The van der Waals surface area contributed by atoms with Crippen LogP contribution in [0.4, 0.5) is 5.82 Å². The molecular formula is C26H29N3O. The Hall–Kier alpha value is -3.32. The molecule has 0 aliphatic carbocycles. The summed E-state index contributed by atoms with van der Waals surface area (Å²) in [5, 5.41) is 9.79. The van der Waals surface area contributed by atoms with Gasteiger partial charge in [0, 0.05) is 11.1 Å². The van der Waals surface area contributed by atoms with Gasteiger partial charge in [0.2, 0.25) is 0 Å². The van der Waals surface area contributed by atoms with Crippen LogP contribution in [0.2, 0.25) is 0 Å². The summed E-state index contributed by atoms with van der Waals surface area (Å²) in [6, 6.07) is 20.2. The Morgan fingerprint density at radius 1 is 0.933 bits per heavy atom. The molecule has 4 nitrogen and oxygen atoms in total. The number of pyridine rings is 1. The van der Waals surface area contributed by atoms with Crippen LogP contribution in [0.25, 0.3) is 22.4 Å². The summed E-state index contributed by atoms with van der Waals surface area (Å²) in [7, 11) is 0. The van der Waals surface area contributed by atoms with Crippen LogP contribution in [0, 0.1) is 11.3 Å². The van der Waals surface area contributed by atoms with E-state index >= 15 is 0 Å². The fourth-order valence-electron chi connectivity index (χ4n) is 3.69. The minimum Gasteiger partial charge on any atom is -0.494 e. The number of rotatable bonds is 9. The minimum atomic E-state index is 0.264. The van der Waals surface area contributed by atoms with Crippen molar-refractivity contribution in [1.29, 1.82) is 5.26 Å². The second-order valence-corrected chi connectivity index (χ2v) is 7.34. The summed E-state index contributed by atoms with van der Waals surface area (Å²) in [5.74, 6) is 1.11. The number of hydrogen-bond acceptors (Lipinski definition) is 4. The molecule has 0 amide bonds. The highest BCUT2D eigenvalue weighted by Gasteiger charge is 2.19. The Balaban J connectivity index is 1.96. The van der Waals surface area contributed by atoms with Gasteiger partial charge in [0.05, 0.1) is 12.3 Å². The summed E-state index contributed by atoms with van der Waals surface area (Å²) >= 11 is 0. The molecule has 4 heteroatoms. The van der Waals surface area contributed by atoms with Crippen LogP contribution in [0.15, 0.2) is 54.6 Å². The van der Waals surface area contributed by atoms with Gasteiger partial charge in [-0.1, -0.05) is 75.6 Å². The number of nitriles is 1. The van der Waals surface area contributed by atoms with Crippen molar-refractivity contribution in [3.63, 3.8) is 0 Å². The largest absolute Gasteiger partial charge is 0.494 e. The lowest BCUT2D eigenvalue weighted by Crippen LogP contribution is -2.05. The Morgan fingerprint density at radius 2 is 1.67 bits per heavy atom. The van der Waals surface area contributed by atoms with E-state index in [4.69, 9.17) is 10.5 Å². The summed E-state index contributed by atoms with van der Waals surface area (Å²) in [5.41, 5.74) is 11.3. The molecule has 30 heavy (non-hydrogen) atoms. The van der Waals surface area contributed by atoms with Crippen molar-refractivity contribution in [2.75, 3.05) is 12.3 Å². The quantitative estimate of drug-likeness (QED) is 0.423. The third-order valence-electron chi connectivity index (χ3n) is 5.25. The maximum absolute atomic E-state index is 9.79. The molecule has 154 valence electrons. The van der Waals surface area contributed by atoms with Crippen molar-refractivity contribution in [2.45, 2.75) is 46.0 Å². The minimum absolute atomic E-state index is 0.264. The summed E-state index contributed by atoms with van der Waals surface area (Å²) in [6.07, 6.45) is 5.47. The second kappa shape index (κ2) is 10.5. The number of aromatic nitrogens is 1. The molecule has 3 aromatic rings. The van der Waals surface area contributed by atoms with Crippen molar-refractivity contribution in [3.05, 3.63) is 65.7 Å². The SMILES string of the molecule is CCCCCCOc1ccc(-c2c(C#N)c(N)nc(-c3ccccc3)c2CC)cc1. The first-order valence-electron chi connectivity index (χ1n) is 10.7. The third-order valence-corrected chi connectivity index (χ3v) is 5.25. The van der Waals surface area contributed by atoms with Gasteiger partial charge in [-0.05, 0) is 36.1 Å². The second-order valence-electron chi connectivity index (χ2n) is 7.34. The number of ether oxygens (including phenoxy) is 1. The van der Waals surface area contributed by atoms with Crippen LogP contribution in [-0.2, 0) is 6.42 Å². The van der Waals surface area contributed by atoms with Crippen LogP contribution in [0.1, 0.15) is 50.7 Å². The van der Waals surface area contributed by atoms with Gasteiger partial charge in [-0.2, -0.15) is 5.26 Å². The maximum Gasteiger partial charge on any atom is 0.142 e. The van der Waals surface area contributed by atoms with Gasteiger partial charge in [0.15, 0.2) is 0 Å². The summed E-state index contributed by atoms with van der Waals surface area (Å²) in [6.45, 7) is 5.01. The fourth-order valence-corrected chi connectivity index (χ4v) is 3.69. The lowest BCUT2D eigenvalue weighted by molar-refractivity contribution is 0.305. The first-order valence-corrected chi connectivity index (χ1v) is 10.7. The predicted molar refractivity (Wildman–Crippen MR) is 123 cm³/mol. The average Bonchev–Trinajstić information content (AvgIpc) is 2.79. The topological polar surface area (TPSA) is 71.9 Å². The van der Waals surface area contributed by atoms with Crippen LogP contribution in [-0.4, -0.2) is 11.6 Å². The lowest BCUT2D eigenvalue weighted by Gasteiger charge is -2.17. The normalized spacial score (nSPS) is 10.6. The maximum atomic E-state index is 9.79. The molecule has 0 fully saturated rings. The van der Waals surface area contributed by atoms with E-state index < -0.39 is 0 Å². The predicted octanol–water partition coefficient (Wildman–Crippen LogP) is 6.39. The molecule has 0 aliphatic heterocycles. The monoisotopic (exact) mass is 399 g/mol. The van der Waals surface area contributed by atoms with Gasteiger partial charge in [-0.25, -0.2) is 4.98 Å². The van der Waals surface area contributed by atoms with E-state index in [9.17, 15) is 5.26 Å². The van der Waals surface area contributed by atoms with Crippen LogP contribution in [0.5, 0.6) is 5.75 Å². The molecule has 0 spiro atoms. The molecule has 0 unspecified atom stereocenters. The molecule has 0 aliphatic rings. The third kappa shape index (κ3) is 4.80. The number of nitrogen functional groups attached to an aromatic ring is 1. The molecule has 1 aromatic heterocycles. The Kier molecular flexibility index (Phi) is 7.45. The molecule has 0 radical (unpaired) electrons. The Bertz CT molecular complexity index is 1010. The first kappa shape index (κ1) is 21.4. The Labute approximate surface area is 179 Å². The van der Waals surface area contributed by atoms with Crippen molar-refractivity contribution in [3.8, 4) is 34.2 Å². The van der Waals surface area contributed by atoms with Gasteiger partial charge in [-0.15, -0.1) is 0 Å². The molecule has 0 bridgehead atoms. The highest BCUT2D eigenvalue weighted by atomic mass is 16.5. The van der Waals surface area contributed by atoms with Crippen LogP contribution >= 0.6 is 0 Å². The number of anilines is 1. The number of nitrogens with two attached hydrogens (primary N) is 1. The number of hydrogen-bond donors (Lipinski definition) is 1. The zero-order valence-corrected chi connectivity index (χ0v) is 17.8. The number of nitrogens with zero attached hydrogens (tertiary/aromatic N) is 2. The van der Waals surface area contributed by atoms with Crippen LogP contribution in [0.3, 0.4) is 0 Å². The number of benzene rings is 2. The zero-order valence-electron chi connectivity index (χ0n) is 17.8. The Morgan fingerprint density at radius 3 is 2.30 bits per heavy atom. The molecule has 0 saturated carbocycles. The van der Waals surface area contributed by atoms with E-state index in [1.54, 1.807) is 0 Å². The van der Waals surface area contributed by atoms with Crippen molar-refractivity contribution >= 4 is 5.82 Å². The molecule has 3 rings (SSSR count). The fraction of sp³-hybridized carbons (Fsp3) is 0.308. The molecule has 1 heterocycles. The van der Waals surface area contributed by atoms with Crippen molar-refractivity contribution in [2.24, 2.45) is 0 Å². The van der Waals surface area contributed by atoms with Crippen molar-refractivity contribution in [1.82, 2.24) is 4.98 Å². The van der Waals surface area contributed by atoms with E-state index in [0.29, 0.717) is 5.56 Å². The van der Waals surface area contributed by atoms with Gasteiger partial charge in [0.1, 0.15) is 23.2 Å². The van der Waals surface area contributed by atoms with Crippen LogP contribution < -0.4 is 10.5 Å². The molecular weight excluding hydrogens is 370 g/mol. The lowest BCUT2D eigenvalue weighted by atomic mass is 9.90. The summed E-state index contributed by atoms with van der Waals surface area (Å²) in [4.78, 5) is 4.58. The molecule has 2 N–H and O–H groups in total. The molecule has 0 saturated heterocycles. The first-order chi connectivity index (χ1) is 14.7. The van der Waals surface area contributed by atoms with Gasteiger partial charge in [-0.3, -0.25) is 0 Å². The standard InChI is InChI=1S/C26H29N3O/c1-3-5-6-10-17-30-21-15-13-19(14-16-21)24-22(4-2)25(20-11-8-7-9-12-20)29-26(28)23(24)18-27/h7-9,11-16H,3-6,10,17H2,1-2H3,(H2,28,29). The van der Waals surface area contributed by atoms with E-state index in [2.05, 4.69) is 24.9 Å². The summed E-state index contributed by atoms with van der Waals surface area (Å²) < 4.78 is 5.87. The van der Waals surface area contributed by atoms with E-state index in [-0.39, 0.29) is 5.82 Å². The number of unbranched alkanes of at least 4 members (excludes halogenated alkanes) is 3.